The molecular formula is C12H15N5O5. The summed E-state index contributed by atoms with van der Waals surface area (Å²) in [6.45, 7) is 1.78. The second-order valence-corrected chi connectivity index (χ2v) is 4.76. The molecule has 0 spiro atoms. The van der Waals surface area contributed by atoms with E-state index in [2.05, 4.69) is 15.0 Å². The number of ether oxygens (including phenoxy) is 2. The molecule has 0 unspecified atom stereocenters. The van der Waals surface area contributed by atoms with Crippen molar-refractivity contribution in [1.82, 2.24) is 19.5 Å². The van der Waals surface area contributed by atoms with Crippen LogP contribution >= 0.6 is 0 Å². The zero-order valence-electron chi connectivity index (χ0n) is 11.7. The van der Waals surface area contributed by atoms with E-state index in [1.54, 1.807) is 6.92 Å². The van der Waals surface area contributed by atoms with Crippen LogP contribution in [-0.4, -0.2) is 60.6 Å². The molecule has 118 valence electrons. The van der Waals surface area contributed by atoms with Crippen LogP contribution in [0.4, 0.5) is 5.82 Å². The number of aliphatic hydroxyl groups excluding tert-OH is 2. The van der Waals surface area contributed by atoms with E-state index in [0.717, 1.165) is 0 Å². The summed E-state index contributed by atoms with van der Waals surface area (Å²) in [7, 11) is 0. The Morgan fingerprint density at radius 3 is 2.91 bits per heavy atom. The number of aromatic nitrogens is 4. The number of hydrogen-bond acceptors (Lipinski definition) is 9. The SMILES string of the molecule is CCOC(=O)[C@@H]1O[C@H](n2cnc3c(N)ncnc32)[C@H](O)[C@H]1O. The Morgan fingerprint density at radius 1 is 1.41 bits per heavy atom. The molecule has 1 aliphatic rings. The van der Waals surface area contributed by atoms with Gasteiger partial charge in [0.25, 0.3) is 0 Å². The van der Waals surface area contributed by atoms with Crippen molar-refractivity contribution in [3.8, 4) is 0 Å². The topological polar surface area (TPSA) is 146 Å². The highest BCUT2D eigenvalue weighted by atomic mass is 16.6. The molecule has 4 atom stereocenters. The lowest BCUT2D eigenvalue weighted by Crippen LogP contribution is -2.37. The first-order chi connectivity index (χ1) is 10.5. The molecule has 2 aromatic heterocycles. The summed E-state index contributed by atoms with van der Waals surface area (Å²) < 4.78 is 11.6. The van der Waals surface area contributed by atoms with E-state index >= 15 is 0 Å². The quantitative estimate of drug-likeness (QED) is 0.582. The van der Waals surface area contributed by atoms with Gasteiger partial charge in [-0.25, -0.2) is 19.7 Å². The zero-order chi connectivity index (χ0) is 15.9. The number of hydrogen-bond donors (Lipinski definition) is 3. The van der Waals surface area contributed by atoms with Gasteiger partial charge in [0.15, 0.2) is 23.8 Å². The molecule has 2 aromatic rings. The number of aliphatic hydroxyl groups is 2. The fourth-order valence-corrected chi connectivity index (χ4v) is 2.36. The molecule has 0 aromatic carbocycles. The summed E-state index contributed by atoms with van der Waals surface area (Å²) in [5.74, 6) is -0.561. The Hall–Kier alpha value is -2.30. The summed E-state index contributed by atoms with van der Waals surface area (Å²) in [5, 5.41) is 20.1. The van der Waals surface area contributed by atoms with E-state index in [1.165, 1.54) is 17.2 Å². The van der Waals surface area contributed by atoms with Crippen LogP contribution < -0.4 is 5.73 Å². The number of esters is 1. The molecule has 4 N–H and O–H groups in total. The average Bonchev–Trinajstić information content (AvgIpc) is 3.03. The predicted molar refractivity (Wildman–Crippen MR) is 72.3 cm³/mol. The molecule has 10 heteroatoms. The number of rotatable bonds is 3. The minimum absolute atomic E-state index is 0.143. The number of carbonyl (C=O) groups is 1. The van der Waals surface area contributed by atoms with E-state index in [4.69, 9.17) is 15.2 Å². The van der Waals surface area contributed by atoms with E-state index in [0.29, 0.717) is 11.2 Å². The number of nitrogens with zero attached hydrogens (tertiary/aromatic N) is 4. The fraction of sp³-hybridized carbons (Fsp3) is 0.500. The first kappa shape index (κ1) is 14.6. The Labute approximate surface area is 124 Å². The highest BCUT2D eigenvalue weighted by molar-refractivity contribution is 5.81. The Bertz CT molecular complexity index is 704. The lowest BCUT2D eigenvalue weighted by molar-refractivity contribution is -0.161. The molecular weight excluding hydrogens is 294 g/mol. The van der Waals surface area contributed by atoms with Gasteiger partial charge in [-0.2, -0.15) is 0 Å². The minimum Gasteiger partial charge on any atom is -0.464 e. The number of carbonyl (C=O) groups excluding carboxylic acids is 1. The van der Waals surface area contributed by atoms with Gasteiger partial charge in [0, 0.05) is 0 Å². The molecule has 0 saturated carbocycles. The number of anilines is 1. The average molecular weight is 309 g/mol. The third-order valence-corrected chi connectivity index (χ3v) is 3.42. The number of nitrogens with two attached hydrogens (primary N) is 1. The van der Waals surface area contributed by atoms with Crippen LogP contribution in [0.5, 0.6) is 0 Å². The predicted octanol–water partition coefficient (Wildman–Crippen LogP) is -1.41. The molecule has 0 radical (unpaired) electrons. The van der Waals surface area contributed by atoms with Crippen LogP contribution in [-0.2, 0) is 14.3 Å². The number of nitrogen functional groups attached to an aromatic ring is 1. The van der Waals surface area contributed by atoms with Gasteiger partial charge in [0.1, 0.15) is 24.1 Å². The standard InChI is InChI=1S/C12H15N5O5/c1-2-21-12(20)8-6(18)7(19)11(22-8)17-4-16-5-9(13)14-3-15-10(5)17/h3-4,6-8,11,18-19H,2H2,1H3,(H2,13,14,15)/t6-,7-,8-,11+/m1/s1. The molecule has 22 heavy (non-hydrogen) atoms. The molecule has 0 amide bonds. The maximum Gasteiger partial charge on any atom is 0.338 e. The fourth-order valence-electron chi connectivity index (χ4n) is 2.36. The number of fused-ring (bicyclic) bond motifs is 1. The van der Waals surface area contributed by atoms with Gasteiger partial charge >= 0.3 is 5.97 Å². The maximum absolute atomic E-state index is 11.7. The zero-order valence-corrected chi connectivity index (χ0v) is 11.7. The van der Waals surface area contributed by atoms with Crippen molar-refractivity contribution in [2.45, 2.75) is 31.5 Å². The van der Waals surface area contributed by atoms with Crippen LogP contribution in [0, 0.1) is 0 Å². The van der Waals surface area contributed by atoms with E-state index < -0.39 is 30.5 Å². The van der Waals surface area contributed by atoms with E-state index in [9.17, 15) is 15.0 Å². The van der Waals surface area contributed by atoms with Crippen molar-refractivity contribution >= 4 is 23.0 Å². The molecule has 10 nitrogen and oxygen atoms in total. The molecule has 1 aliphatic heterocycles. The van der Waals surface area contributed by atoms with Crippen LogP contribution in [0.3, 0.4) is 0 Å². The van der Waals surface area contributed by atoms with Crippen molar-refractivity contribution in [2.75, 3.05) is 12.3 Å². The molecule has 3 rings (SSSR count). The summed E-state index contributed by atoms with van der Waals surface area (Å²) >= 11 is 0. The largest absolute Gasteiger partial charge is 0.464 e. The van der Waals surface area contributed by atoms with Crippen molar-refractivity contribution in [1.29, 1.82) is 0 Å². The molecule has 1 fully saturated rings. The van der Waals surface area contributed by atoms with Gasteiger partial charge in [0.2, 0.25) is 0 Å². The minimum atomic E-state index is -1.42. The monoisotopic (exact) mass is 309 g/mol. The molecule has 1 saturated heterocycles. The first-order valence-electron chi connectivity index (χ1n) is 6.65. The van der Waals surface area contributed by atoms with Gasteiger partial charge in [-0.3, -0.25) is 4.57 Å². The third-order valence-electron chi connectivity index (χ3n) is 3.42. The highest BCUT2D eigenvalue weighted by Crippen LogP contribution is 2.32. The smallest absolute Gasteiger partial charge is 0.338 e. The number of imidazole rings is 1. The summed E-state index contributed by atoms with van der Waals surface area (Å²) in [6, 6.07) is 0. The second-order valence-electron chi connectivity index (χ2n) is 4.76. The Kier molecular flexibility index (Phi) is 3.64. The van der Waals surface area contributed by atoms with Crippen molar-refractivity contribution < 1.29 is 24.5 Å². The summed E-state index contributed by atoms with van der Waals surface area (Å²) in [6.07, 6.45) is -2.48. The summed E-state index contributed by atoms with van der Waals surface area (Å²) in [4.78, 5) is 23.6. The van der Waals surface area contributed by atoms with Crippen molar-refractivity contribution in [3.63, 3.8) is 0 Å². The van der Waals surface area contributed by atoms with Gasteiger partial charge in [-0.05, 0) is 6.92 Å². The summed E-state index contributed by atoms with van der Waals surface area (Å²) in [5.41, 5.74) is 6.36. The van der Waals surface area contributed by atoms with E-state index in [1.807, 2.05) is 0 Å². The molecule has 0 bridgehead atoms. The van der Waals surface area contributed by atoms with Gasteiger partial charge < -0.3 is 25.4 Å². The maximum atomic E-state index is 11.7. The van der Waals surface area contributed by atoms with E-state index in [-0.39, 0.29) is 12.4 Å². The first-order valence-corrected chi connectivity index (χ1v) is 6.65. The van der Waals surface area contributed by atoms with Crippen LogP contribution in [0.2, 0.25) is 0 Å². The van der Waals surface area contributed by atoms with Crippen LogP contribution in [0.1, 0.15) is 13.2 Å². The normalized spacial score (nSPS) is 28.1. The van der Waals surface area contributed by atoms with Crippen LogP contribution in [0.25, 0.3) is 11.2 Å². The third kappa shape index (κ3) is 2.17. The Balaban J connectivity index is 1.94. The molecule has 0 aliphatic carbocycles. The van der Waals surface area contributed by atoms with Gasteiger partial charge in [-0.1, -0.05) is 0 Å². The Morgan fingerprint density at radius 2 is 2.18 bits per heavy atom. The lowest BCUT2D eigenvalue weighted by Gasteiger charge is -2.16. The van der Waals surface area contributed by atoms with Gasteiger partial charge in [-0.15, -0.1) is 0 Å². The second kappa shape index (κ2) is 5.48. The van der Waals surface area contributed by atoms with Gasteiger partial charge in [0.05, 0.1) is 12.9 Å². The van der Waals surface area contributed by atoms with Crippen molar-refractivity contribution in [2.24, 2.45) is 0 Å². The van der Waals surface area contributed by atoms with Crippen LogP contribution in [0.15, 0.2) is 12.7 Å². The van der Waals surface area contributed by atoms with Crippen molar-refractivity contribution in [3.05, 3.63) is 12.7 Å². The highest BCUT2D eigenvalue weighted by Gasteiger charge is 2.48. The lowest BCUT2D eigenvalue weighted by atomic mass is 10.1. The molecule has 3 heterocycles.